The highest BCUT2D eigenvalue weighted by atomic mass is 16.5. The zero-order chi connectivity index (χ0) is 7.68. The average Bonchev–Trinajstić information content (AvgIpc) is 2.04. The summed E-state index contributed by atoms with van der Waals surface area (Å²) in [4.78, 5) is 0. The van der Waals surface area contributed by atoms with E-state index in [-0.39, 0.29) is 0 Å². The SMILES string of the molecule is OC1COc2ccccc2N1. The van der Waals surface area contributed by atoms with Crippen molar-refractivity contribution in [1.82, 2.24) is 0 Å². The lowest BCUT2D eigenvalue weighted by Crippen LogP contribution is -2.30. The third-order valence-electron chi connectivity index (χ3n) is 1.61. The number of ether oxygens (including phenoxy) is 1. The van der Waals surface area contributed by atoms with Gasteiger partial charge in [0.15, 0.2) is 6.23 Å². The van der Waals surface area contributed by atoms with Crippen LogP contribution >= 0.6 is 0 Å². The number of anilines is 1. The molecule has 1 aliphatic rings. The van der Waals surface area contributed by atoms with Gasteiger partial charge in [0, 0.05) is 0 Å². The zero-order valence-corrected chi connectivity index (χ0v) is 5.95. The molecular formula is C8H9NO2. The molecule has 3 nitrogen and oxygen atoms in total. The first-order valence-electron chi connectivity index (χ1n) is 3.53. The van der Waals surface area contributed by atoms with E-state index in [9.17, 15) is 0 Å². The van der Waals surface area contributed by atoms with Gasteiger partial charge in [0.05, 0.1) is 5.69 Å². The fourth-order valence-electron chi connectivity index (χ4n) is 1.10. The van der Waals surface area contributed by atoms with Gasteiger partial charge >= 0.3 is 0 Å². The number of aliphatic hydroxyl groups is 1. The molecule has 2 N–H and O–H groups in total. The summed E-state index contributed by atoms with van der Waals surface area (Å²) in [6.07, 6.45) is -0.579. The number of benzene rings is 1. The van der Waals surface area contributed by atoms with Crippen LogP contribution in [0.4, 0.5) is 5.69 Å². The Morgan fingerprint density at radius 2 is 2.27 bits per heavy atom. The molecule has 0 saturated carbocycles. The maximum absolute atomic E-state index is 9.12. The van der Waals surface area contributed by atoms with Gasteiger partial charge < -0.3 is 15.2 Å². The quantitative estimate of drug-likeness (QED) is 0.576. The van der Waals surface area contributed by atoms with E-state index in [1.807, 2.05) is 24.3 Å². The Labute approximate surface area is 64.6 Å². The van der Waals surface area contributed by atoms with Crippen molar-refractivity contribution < 1.29 is 9.84 Å². The molecule has 0 saturated heterocycles. The van der Waals surface area contributed by atoms with Gasteiger partial charge in [-0.2, -0.15) is 0 Å². The molecule has 2 rings (SSSR count). The number of para-hydroxylation sites is 2. The largest absolute Gasteiger partial charge is 0.487 e. The molecule has 0 radical (unpaired) electrons. The van der Waals surface area contributed by atoms with Crippen LogP contribution < -0.4 is 10.1 Å². The normalized spacial score (nSPS) is 21.4. The standard InChI is InChI=1S/C8H9NO2/c10-8-5-11-7-4-2-1-3-6(7)9-8/h1-4,8-10H,5H2. The highest BCUT2D eigenvalue weighted by molar-refractivity contribution is 5.57. The summed E-state index contributed by atoms with van der Waals surface area (Å²) >= 11 is 0. The topological polar surface area (TPSA) is 41.5 Å². The molecule has 1 unspecified atom stereocenters. The first-order chi connectivity index (χ1) is 5.36. The van der Waals surface area contributed by atoms with E-state index < -0.39 is 6.23 Å². The third kappa shape index (κ3) is 1.14. The number of fused-ring (bicyclic) bond motifs is 1. The van der Waals surface area contributed by atoms with E-state index in [1.54, 1.807) is 0 Å². The van der Waals surface area contributed by atoms with Gasteiger partial charge in [-0.25, -0.2) is 0 Å². The zero-order valence-electron chi connectivity index (χ0n) is 5.95. The molecule has 1 aromatic rings. The smallest absolute Gasteiger partial charge is 0.159 e. The first kappa shape index (κ1) is 6.49. The molecule has 11 heavy (non-hydrogen) atoms. The Morgan fingerprint density at radius 3 is 3.18 bits per heavy atom. The minimum absolute atomic E-state index is 0.316. The van der Waals surface area contributed by atoms with E-state index in [4.69, 9.17) is 9.84 Å². The second-order valence-corrected chi connectivity index (χ2v) is 2.47. The van der Waals surface area contributed by atoms with Crippen LogP contribution in [0.5, 0.6) is 5.75 Å². The fourth-order valence-corrected chi connectivity index (χ4v) is 1.10. The van der Waals surface area contributed by atoms with Crippen molar-refractivity contribution in [2.24, 2.45) is 0 Å². The molecule has 3 heteroatoms. The Bertz CT molecular complexity index is 262. The second kappa shape index (κ2) is 2.43. The molecule has 1 aromatic carbocycles. The average molecular weight is 151 g/mol. The number of aliphatic hydroxyl groups excluding tert-OH is 1. The summed E-state index contributed by atoms with van der Waals surface area (Å²) < 4.78 is 5.22. The molecule has 1 atom stereocenters. The molecule has 0 bridgehead atoms. The first-order valence-corrected chi connectivity index (χ1v) is 3.53. The van der Waals surface area contributed by atoms with Crippen LogP contribution in [0.3, 0.4) is 0 Å². The van der Waals surface area contributed by atoms with Gasteiger partial charge in [-0.3, -0.25) is 0 Å². The van der Waals surface area contributed by atoms with Gasteiger partial charge in [-0.05, 0) is 12.1 Å². The molecule has 0 aromatic heterocycles. The number of nitrogens with one attached hydrogen (secondary N) is 1. The van der Waals surface area contributed by atoms with E-state index in [1.165, 1.54) is 0 Å². The molecule has 1 aliphatic heterocycles. The minimum atomic E-state index is -0.579. The van der Waals surface area contributed by atoms with Crippen LogP contribution in [-0.2, 0) is 0 Å². The monoisotopic (exact) mass is 151 g/mol. The summed E-state index contributed by atoms with van der Waals surface area (Å²) in [5, 5.41) is 12.0. The summed E-state index contributed by atoms with van der Waals surface area (Å²) in [6, 6.07) is 7.54. The van der Waals surface area contributed by atoms with Crippen molar-refractivity contribution >= 4 is 5.69 Å². The number of rotatable bonds is 0. The Balaban J connectivity index is 2.34. The van der Waals surface area contributed by atoms with Crippen molar-refractivity contribution in [3.63, 3.8) is 0 Å². The number of hydrogen-bond acceptors (Lipinski definition) is 3. The molecular weight excluding hydrogens is 142 g/mol. The van der Waals surface area contributed by atoms with Crippen LogP contribution in [0, 0.1) is 0 Å². The van der Waals surface area contributed by atoms with Crippen molar-refractivity contribution in [2.45, 2.75) is 6.23 Å². The van der Waals surface area contributed by atoms with Gasteiger partial charge in [0.2, 0.25) is 0 Å². The Hall–Kier alpha value is -1.22. The van der Waals surface area contributed by atoms with Crippen molar-refractivity contribution in [1.29, 1.82) is 0 Å². The van der Waals surface area contributed by atoms with Crippen molar-refractivity contribution in [3.8, 4) is 5.75 Å². The van der Waals surface area contributed by atoms with Gasteiger partial charge in [0.1, 0.15) is 12.4 Å². The lowest BCUT2D eigenvalue weighted by atomic mass is 10.2. The predicted molar refractivity (Wildman–Crippen MR) is 41.6 cm³/mol. The van der Waals surface area contributed by atoms with E-state index in [2.05, 4.69) is 5.32 Å². The third-order valence-corrected chi connectivity index (χ3v) is 1.61. The predicted octanol–water partition coefficient (Wildman–Crippen LogP) is 0.809. The summed E-state index contributed by atoms with van der Waals surface area (Å²) in [5.41, 5.74) is 0.853. The van der Waals surface area contributed by atoms with E-state index in [0.29, 0.717) is 6.61 Å². The summed E-state index contributed by atoms with van der Waals surface area (Å²) in [6.45, 7) is 0.316. The lowest BCUT2D eigenvalue weighted by molar-refractivity contribution is 0.119. The molecule has 0 aliphatic carbocycles. The molecule has 0 fully saturated rings. The summed E-state index contributed by atoms with van der Waals surface area (Å²) in [7, 11) is 0. The van der Waals surface area contributed by atoms with Crippen LogP contribution in [0.1, 0.15) is 0 Å². The van der Waals surface area contributed by atoms with E-state index in [0.717, 1.165) is 11.4 Å². The van der Waals surface area contributed by atoms with Gasteiger partial charge in [0.25, 0.3) is 0 Å². The molecule has 58 valence electrons. The summed E-state index contributed by atoms with van der Waals surface area (Å²) in [5.74, 6) is 0.804. The second-order valence-electron chi connectivity index (χ2n) is 2.47. The molecule has 0 spiro atoms. The molecule has 1 heterocycles. The minimum Gasteiger partial charge on any atom is -0.487 e. The van der Waals surface area contributed by atoms with Crippen LogP contribution in [-0.4, -0.2) is 17.9 Å². The van der Waals surface area contributed by atoms with Crippen LogP contribution in [0.15, 0.2) is 24.3 Å². The number of hydrogen-bond donors (Lipinski definition) is 2. The lowest BCUT2D eigenvalue weighted by Gasteiger charge is -2.23. The van der Waals surface area contributed by atoms with E-state index >= 15 is 0 Å². The Kier molecular flexibility index (Phi) is 1.43. The van der Waals surface area contributed by atoms with Crippen LogP contribution in [0.2, 0.25) is 0 Å². The van der Waals surface area contributed by atoms with Gasteiger partial charge in [-0.1, -0.05) is 12.1 Å². The van der Waals surface area contributed by atoms with Crippen molar-refractivity contribution in [3.05, 3.63) is 24.3 Å². The fraction of sp³-hybridized carbons (Fsp3) is 0.250. The van der Waals surface area contributed by atoms with Gasteiger partial charge in [-0.15, -0.1) is 0 Å². The maximum atomic E-state index is 9.12. The molecule has 0 amide bonds. The highest BCUT2D eigenvalue weighted by Gasteiger charge is 2.14. The van der Waals surface area contributed by atoms with Crippen molar-refractivity contribution in [2.75, 3.05) is 11.9 Å². The maximum Gasteiger partial charge on any atom is 0.159 e. The highest BCUT2D eigenvalue weighted by Crippen LogP contribution is 2.26. The van der Waals surface area contributed by atoms with Crippen LogP contribution in [0.25, 0.3) is 0 Å². The Morgan fingerprint density at radius 1 is 1.45 bits per heavy atom.